The van der Waals surface area contributed by atoms with Crippen LogP contribution in [0, 0.1) is 11.8 Å². The molecule has 1 aliphatic carbocycles. The van der Waals surface area contributed by atoms with E-state index in [0.29, 0.717) is 93.4 Å². The number of carboxylic acid groups (broad SMARTS) is 5. The fraction of sp³-hybridized carbons (Fsp3) is 0.457. The van der Waals surface area contributed by atoms with Gasteiger partial charge in [0, 0.05) is 56.3 Å². The Kier molecular flexibility index (Phi) is 39.0. The number of aromatic amines is 1. The number of tetrazole rings is 1. The minimum absolute atomic E-state index is 0. The molecule has 0 radical (unpaired) electrons. The van der Waals surface area contributed by atoms with Gasteiger partial charge in [0.25, 0.3) is 0 Å². The summed E-state index contributed by atoms with van der Waals surface area (Å²) in [7, 11) is 0. The lowest BCUT2D eigenvalue weighted by atomic mass is 9.98. The molecule has 4 aliphatic rings. The van der Waals surface area contributed by atoms with Gasteiger partial charge in [0.2, 0.25) is 23.5 Å². The number of aliphatic carboxylic acids is 4. The first kappa shape index (κ1) is 94.1. The number of aromatic carboxylic acids is 1. The van der Waals surface area contributed by atoms with Crippen molar-refractivity contribution in [1.29, 1.82) is 0 Å². The van der Waals surface area contributed by atoms with Crippen LogP contribution in [0.4, 0.5) is 0 Å². The molecule has 5 heterocycles. The van der Waals surface area contributed by atoms with Gasteiger partial charge < -0.3 is 70.3 Å². The fourth-order valence-corrected chi connectivity index (χ4v) is 14.5. The summed E-state index contributed by atoms with van der Waals surface area (Å²) in [5, 5.41) is 76.3. The number of para-hydroxylation sites is 1. The molecule has 33 heteroatoms. The number of carboxylic acids is 5. The molecule has 3 saturated heterocycles. The van der Waals surface area contributed by atoms with Crippen LogP contribution < -0.4 is 15.4 Å². The van der Waals surface area contributed by atoms with Crippen molar-refractivity contribution in [1.82, 2.24) is 55.5 Å². The molecule has 31 nitrogen and oxygen atoms in total. The molecule has 0 bridgehead atoms. The number of benzene rings is 5. The number of aliphatic hydroxyl groups is 1. The standard InChI is InChI=1S/C23H32N2O5.C22H23ClN6O.C18H24N2O5.C9H15NO3S.C9H8O4.2H2O/c1-3-30-23(29)18(13-12-16-8-5-4-6-9-16)24-15(2)21(26)25-19-11-7-10-17(19)14-20(25)22(27)28;1-2-3-8-20-24-21(23)19(14-30)29(20)13-15-9-11-16(12-10-15)17-6-4-5-7-18(17)22-25-27-28-26-22;1-12(16(21)20-11-5-8-15(20)18(24)25)19-14(17(22)23)10-9-13-6-3-2-4-7-13;1-6(5-14)8(11)10-4-2-3-7(10)9(12)13;1-6(10)13-8-5-3-2-4-7(8)9(11)12;;/h4-6,8-9,15,17-20,24H,3,7,10-14H2,1-2H3,(H,27,28);4-7,9-12,30H,2-3,8,13-14H2,1H3,(H,25,26,27,28);2-4,6-7,12,14-15,19H,5,8-11H2,1H3,(H,22,23)(H,24,25);6-7,14H,2-5H2,1H3,(H,12,13);2-5H,1H3,(H,11,12);2*1H2/t15-,17-,18-,19-,20-;;12-,14-,15-;6-,7+;;;/m0.01.../s1. The van der Waals surface area contributed by atoms with E-state index in [1.807, 2.05) is 89.5 Å². The van der Waals surface area contributed by atoms with E-state index in [2.05, 4.69) is 84.8 Å². The van der Waals surface area contributed by atoms with E-state index >= 15 is 0 Å². The molecule has 114 heavy (non-hydrogen) atoms. The molecule has 10 atom stereocenters. The predicted octanol–water partition coefficient (Wildman–Crippen LogP) is 8.06. The Morgan fingerprint density at radius 1 is 0.632 bits per heavy atom. The molecule has 1 saturated carbocycles. The second kappa shape index (κ2) is 47.3. The number of carbonyl (C=O) groups excluding carboxylic acids is 5. The maximum atomic E-state index is 13.2. The summed E-state index contributed by atoms with van der Waals surface area (Å²) in [5.41, 5.74) is 6.91. The minimum atomic E-state index is -1.11. The number of ether oxygens (including phenoxy) is 2. The van der Waals surface area contributed by atoms with E-state index in [0.717, 1.165) is 84.2 Å². The van der Waals surface area contributed by atoms with Crippen molar-refractivity contribution < 1.29 is 99.0 Å². The highest BCUT2D eigenvalue weighted by Crippen LogP contribution is 2.42. The molecule has 0 spiro atoms. The van der Waals surface area contributed by atoms with Crippen LogP contribution in [0.5, 0.6) is 5.75 Å². The highest BCUT2D eigenvalue weighted by molar-refractivity contribution is 7.80. The smallest absolute Gasteiger partial charge is 0.339 e. The Labute approximate surface area is 672 Å². The molecule has 3 aliphatic heterocycles. The third-order valence-electron chi connectivity index (χ3n) is 19.9. The third kappa shape index (κ3) is 26.8. The Morgan fingerprint density at radius 2 is 1.18 bits per heavy atom. The Morgan fingerprint density at radius 3 is 1.70 bits per heavy atom. The summed E-state index contributed by atoms with van der Waals surface area (Å²) in [6, 6.07) is 36.5. The number of unbranched alkanes of at least 4 members (excludes halogenated alkanes) is 1. The number of nitrogens with one attached hydrogen (secondary N) is 3. The van der Waals surface area contributed by atoms with Crippen molar-refractivity contribution in [3.05, 3.63) is 172 Å². The van der Waals surface area contributed by atoms with Gasteiger partial charge in [-0.25, -0.2) is 24.2 Å². The lowest BCUT2D eigenvalue weighted by Gasteiger charge is -2.31. The van der Waals surface area contributed by atoms with E-state index in [9.17, 15) is 68.4 Å². The molecule has 7 aromatic rings. The van der Waals surface area contributed by atoms with Gasteiger partial charge in [-0.2, -0.15) is 17.8 Å². The van der Waals surface area contributed by atoms with E-state index in [1.54, 1.807) is 44.7 Å². The number of fused-ring (bicyclic) bond motifs is 1. The molecule has 0 unspecified atom stereocenters. The number of carbonyl (C=O) groups is 10. The predicted molar refractivity (Wildman–Crippen MR) is 426 cm³/mol. The largest absolute Gasteiger partial charge is 0.480 e. The van der Waals surface area contributed by atoms with Gasteiger partial charge in [0.15, 0.2) is 5.15 Å². The first-order chi connectivity index (χ1) is 53.7. The van der Waals surface area contributed by atoms with Crippen LogP contribution in [0.1, 0.15) is 157 Å². The average Bonchev–Trinajstić information content (AvgIpc) is 1.61. The van der Waals surface area contributed by atoms with Crippen molar-refractivity contribution in [2.45, 2.75) is 199 Å². The summed E-state index contributed by atoms with van der Waals surface area (Å²) >= 11 is 10.3. The zero-order chi connectivity index (χ0) is 81.6. The number of esters is 2. The van der Waals surface area contributed by atoms with Crippen LogP contribution >= 0.6 is 24.2 Å². The molecular weight excluding hydrogens is 1510 g/mol. The lowest BCUT2D eigenvalue weighted by Crippen LogP contribution is -2.55. The van der Waals surface area contributed by atoms with Crippen LogP contribution in [0.25, 0.3) is 22.5 Å². The molecule has 11 rings (SSSR count). The number of amides is 3. The van der Waals surface area contributed by atoms with Crippen LogP contribution in [0.2, 0.25) is 5.15 Å². The SMILES string of the molecule is CC(=O)Oc1ccccc1C(=O)O.CCCCc1nc(Cl)c(CO)n1Cc1ccc(-c2ccccc2-c2nn[nH]n2)cc1.CCOC(=O)[C@H](CCc1ccccc1)N[C@@H](C)C(=O)N1[C@H](C(=O)O)C[C@@H]2CCC[C@@H]21.C[C@H](CS)C(=O)N1CCC[C@H]1C(=O)O.C[C@H](N[C@@H](CCc1ccccc1)C(=O)O)C(=O)N1CCC[C@H]1C(=O)O.O.O. The second-order valence-electron chi connectivity index (χ2n) is 27.7. The zero-order valence-electron chi connectivity index (χ0n) is 64.8. The summed E-state index contributed by atoms with van der Waals surface area (Å²) in [4.78, 5) is 125. The maximum Gasteiger partial charge on any atom is 0.339 e. The van der Waals surface area contributed by atoms with Gasteiger partial charge in [0.1, 0.15) is 47.3 Å². The van der Waals surface area contributed by atoms with Gasteiger partial charge in [-0.15, -0.1) is 10.2 Å². The number of hydrogen-bond donors (Lipinski definition) is 10. The first-order valence-electron chi connectivity index (χ1n) is 37.7. The second-order valence-corrected chi connectivity index (χ2v) is 28.5. The van der Waals surface area contributed by atoms with Gasteiger partial charge in [-0.05, 0) is 149 Å². The number of hydrogen-bond acceptors (Lipinski definition) is 20. The fourth-order valence-electron chi connectivity index (χ4n) is 14.1. The zero-order valence-corrected chi connectivity index (χ0v) is 66.5. The molecule has 2 aromatic heterocycles. The number of imidazole rings is 1. The van der Waals surface area contributed by atoms with Crippen LogP contribution in [-0.4, -0.2) is 220 Å². The van der Waals surface area contributed by atoms with Crippen LogP contribution in [-0.2, 0) is 80.3 Å². The highest BCUT2D eigenvalue weighted by Gasteiger charge is 2.50. The third-order valence-corrected chi connectivity index (χ3v) is 20.7. The van der Waals surface area contributed by atoms with Crippen LogP contribution in [0.15, 0.2) is 133 Å². The van der Waals surface area contributed by atoms with Crippen molar-refractivity contribution >= 4 is 83.7 Å². The van der Waals surface area contributed by atoms with Crippen molar-refractivity contribution in [3.8, 4) is 28.3 Å². The van der Waals surface area contributed by atoms with Crippen molar-refractivity contribution in [2.24, 2.45) is 11.8 Å². The topological polar surface area (TPSA) is 480 Å². The van der Waals surface area contributed by atoms with E-state index in [-0.39, 0.29) is 77.0 Å². The quantitative estimate of drug-likeness (QED) is 0.0115. The van der Waals surface area contributed by atoms with Crippen molar-refractivity contribution in [3.63, 3.8) is 0 Å². The van der Waals surface area contributed by atoms with Crippen LogP contribution in [0.3, 0.4) is 0 Å². The number of aliphatic hydroxyl groups excluding tert-OH is 1. The minimum Gasteiger partial charge on any atom is -0.480 e. The summed E-state index contributed by atoms with van der Waals surface area (Å²) in [6.07, 6.45) is 10.8. The first-order valence-corrected chi connectivity index (χ1v) is 38.7. The maximum absolute atomic E-state index is 13.2. The van der Waals surface area contributed by atoms with Crippen molar-refractivity contribution in [2.75, 3.05) is 25.4 Å². The molecule has 13 N–H and O–H groups in total. The van der Waals surface area contributed by atoms with Gasteiger partial charge in [-0.1, -0.05) is 160 Å². The number of likely N-dealkylation sites (tertiary alicyclic amines) is 3. The normalized spacial score (nSPS) is 17.7. The van der Waals surface area contributed by atoms with E-state index in [4.69, 9.17) is 26.6 Å². The molecule has 3 amide bonds. The summed E-state index contributed by atoms with van der Waals surface area (Å²) < 4.78 is 11.9. The number of H-pyrrole nitrogens is 1. The Hall–Kier alpha value is -10.5. The monoisotopic (exact) mass is 1620 g/mol. The number of halogens is 1. The average molecular weight is 1620 g/mol. The summed E-state index contributed by atoms with van der Waals surface area (Å²) in [6.45, 7) is 11.9. The number of aryl methyl sites for hydroxylation is 3. The lowest BCUT2D eigenvalue weighted by molar-refractivity contribution is -0.151. The highest BCUT2D eigenvalue weighted by atomic mass is 35.5. The van der Waals surface area contributed by atoms with Gasteiger partial charge in [0.05, 0.1) is 31.0 Å². The molecule has 618 valence electrons. The van der Waals surface area contributed by atoms with Gasteiger partial charge >= 0.3 is 41.8 Å². The molecule has 5 aromatic carbocycles. The number of rotatable bonds is 30. The molecule has 4 fully saturated rings. The number of thiol groups is 1. The van der Waals surface area contributed by atoms with E-state index in [1.165, 1.54) is 28.9 Å². The molecular formula is C81H106ClN11O20S. The number of nitrogens with zero attached hydrogens (tertiary/aromatic N) is 8. The van der Waals surface area contributed by atoms with Gasteiger partial charge in [-0.3, -0.25) is 39.4 Å². The Bertz CT molecular complexity index is 4260. The number of aromatic nitrogens is 6. The van der Waals surface area contributed by atoms with E-state index < -0.39 is 78.1 Å². The summed E-state index contributed by atoms with van der Waals surface area (Å²) in [5.74, 6) is -4.54. The Balaban J connectivity index is 0.000000262.